The zero-order chi connectivity index (χ0) is 21.0. The number of benzene rings is 1. The van der Waals surface area contributed by atoms with Gasteiger partial charge in [-0.2, -0.15) is 5.10 Å². The van der Waals surface area contributed by atoms with Crippen molar-refractivity contribution in [2.45, 2.75) is 24.6 Å². The van der Waals surface area contributed by atoms with Crippen LogP contribution in [0.3, 0.4) is 0 Å². The Kier molecular flexibility index (Phi) is 6.66. The number of β-amino-alcohol motifs (C(OH)–C–C–N with tert-alkyl or cyclic N) is 1. The molecule has 1 aromatic heterocycles. The molecule has 0 saturated carbocycles. The van der Waals surface area contributed by atoms with Gasteiger partial charge in [0.15, 0.2) is 5.56 Å². The Labute approximate surface area is 171 Å². The molecule has 0 radical (unpaired) electrons. The van der Waals surface area contributed by atoms with Crippen molar-refractivity contribution in [3.63, 3.8) is 0 Å². The summed E-state index contributed by atoms with van der Waals surface area (Å²) >= 11 is 5.68. The molecule has 8 nitrogen and oxygen atoms in total. The molecule has 29 heavy (non-hydrogen) atoms. The number of amides is 1. The third-order valence-corrected chi connectivity index (χ3v) is 4.79. The van der Waals surface area contributed by atoms with Crippen molar-refractivity contribution in [1.29, 1.82) is 0 Å². The van der Waals surface area contributed by atoms with E-state index in [1.165, 1.54) is 28.3 Å². The summed E-state index contributed by atoms with van der Waals surface area (Å²) in [7, 11) is 0. The highest BCUT2D eigenvalue weighted by Crippen LogP contribution is 2.28. The van der Waals surface area contributed by atoms with Gasteiger partial charge in [-0.05, 0) is 13.0 Å². The second-order valence-corrected chi connectivity index (χ2v) is 7.55. The lowest BCUT2D eigenvalue weighted by atomic mass is 9.92. The minimum atomic E-state index is -1.68. The van der Waals surface area contributed by atoms with Crippen molar-refractivity contribution in [2.75, 3.05) is 32.7 Å². The zero-order valence-corrected chi connectivity index (χ0v) is 16.6. The number of hydrogen-bond acceptors (Lipinski definition) is 6. The van der Waals surface area contributed by atoms with Crippen LogP contribution >= 0.6 is 11.6 Å². The van der Waals surface area contributed by atoms with Crippen molar-refractivity contribution in [1.82, 2.24) is 24.6 Å². The summed E-state index contributed by atoms with van der Waals surface area (Å²) in [5.41, 5.74) is -2.44. The van der Waals surface area contributed by atoms with Crippen LogP contribution in [0.2, 0.25) is 0 Å². The predicted molar refractivity (Wildman–Crippen MR) is 100 cm³/mol. The van der Waals surface area contributed by atoms with Crippen LogP contribution < -0.4 is 0 Å². The van der Waals surface area contributed by atoms with Gasteiger partial charge in [-0.25, -0.2) is 23.2 Å². The Hall–Kier alpha value is -2.30. The summed E-state index contributed by atoms with van der Waals surface area (Å²) in [4.78, 5) is 19.2. The SMILES string of the molecule is CC(Cl)OC(=O)N1CCN(CC(O)(Cn2cncn2)c2ccc(F)cc2F)CC1. The van der Waals surface area contributed by atoms with E-state index in [1.54, 1.807) is 6.92 Å². The molecule has 1 fully saturated rings. The topological polar surface area (TPSA) is 83.7 Å². The smallest absolute Gasteiger partial charge is 0.411 e. The number of nitrogens with zero attached hydrogens (tertiary/aromatic N) is 5. The Balaban J connectivity index is 1.73. The lowest BCUT2D eigenvalue weighted by Gasteiger charge is -2.39. The first-order valence-corrected chi connectivity index (χ1v) is 9.53. The summed E-state index contributed by atoms with van der Waals surface area (Å²) in [5.74, 6) is -1.57. The Morgan fingerprint density at radius 1 is 1.31 bits per heavy atom. The van der Waals surface area contributed by atoms with Gasteiger partial charge in [-0.1, -0.05) is 17.7 Å². The van der Waals surface area contributed by atoms with Gasteiger partial charge in [-0.15, -0.1) is 0 Å². The maximum atomic E-state index is 14.5. The normalized spacial score (nSPS) is 18.3. The summed E-state index contributed by atoms with van der Waals surface area (Å²) < 4.78 is 34.2. The fourth-order valence-electron chi connectivity index (χ4n) is 3.34. The van der Waals surface area contributed by atoms with E-state index in [2.05, 4.69) is 10.1 Å². The molecule has 0 spiro atoms. The highest BCUT2D eigenvalue weighted by Gasteiger charge is 2.37. The molecule has 1 N–H and O–H groups in total. The number of carbonyl (C=O) groups excluding carboxylic acids is 1. The first kappa shape index (κ1) is 21.4. The highest BCUT2D eigenvalue weighted by molar-refractivity contribution is 6.19. The molecule has 0 aliphatic carbocycles. The monoisotopic (exact) mass is 429 g/mol. The molecule has 1 aromatic carbocycles. The standard InChI is InChI=1S/C18H22ClF2N5O3/c1-13(19)29-17(27)25-6-4-24(5-7-25)9-18(28,10-26-12-22-11-23-26)15-3-2-14(20)8-16(15)21/h2-3,8,11-13,28H,4-7,9-10H2,1H3. The molecule has 1 amide bonds. The number of hydrogen-bond donors (Lipinski definition) is 1. The van der Waals surface area contributed by atoms with E-state index in [0.29, 0.717) is 26.2 Å². The van der Waals surface area contributed by atoms with Gasteiger partial charge in [0, 0.05) is 44.4 Å². The van der Waals surface area contributed by atoms with E-state index in [0.717, 1.165) is 12.1 Å². The van der Waals surface area contributed by atoms with Crippen LogP contribution in [0.5, 0.6) is 0 Å². The molecular formula is C18H22ClF2N5O3. The Bertz CT molecular complexity index is 831. The van der Waals surface area contributed by atoms with Crippen molar-refractivity contribution in [3.8, 4) is 0 Å². The van der Waals surface area contributed by atoms with Gasteiger partial charge in [0.25, 0.3) is 0 Å². The molecular weight excluding hydrogens is 408 g/mol. The van der Waals surface area contributed by atoms with Crippen LogP contribution in [0.25, 0.3) is 0 Å². The number of aliphatic hydroxyl groups is 1. The lowest BCUT2D eigenvalue weighted by molar-refractivity contribution is -0.0314. The summed E-state index contributed by atoms with van der Waals surface area (Å²) in [6.45, 7) is 3.16. The molecule has 2 aromatic rings. The second kappa shape index (κ2) is 9.02. The summed E-state index contributed by atoms with van der Waals surface area (Å²) in [6, 6.07) is 3.08. The minimum Gasteiger partial charge on any atom is -0.430 e. The van der Waals surface area contributed by atoms with Crippen LogP contribution in [0.1, 0.15) is 12.5 Å². The van der Waals surface area contributed by atoms with Crippen molar-refractivity contribution >= 4 is 17.7 Å². The Morgan fingerprint density at radius 2 is 2.03 bits per heavy atom. The van der Waals surface area contributed by atoms with Gasteiger partial charge in [0.2, 0.25) is 0 Å². The van der Waals surface area contributed by atoms with E-state index >= 15 is 0 Å². The van der Waals surface area contributed by atoms with Crippen molar-refractivity contribution in [2.24, 2.45) is 0 Å². The molecule has 2 atom stereocenters. The van der Waals surface area contributed by atoms with Crippen LogP contribution in [-0.4, -0.2) is 74.1 Å². The number of alkyl halides is 1. The van der Waals surface area contributed by atoms with Gasteiger partial charge < -0.3 is 14.7 Å². The van der Waals surface area contributed by atoms with Crippen LogP contribution in [0.4, 0.5) is 13.6 Å². The number of rotatable bonds is 6. The molecule has 3 rings (SSSR count). The molecule has 0 bridgehead atoms. The van der Waals surface area contributed by atoms with E-state index in [-0.39, 0.29) is 18.7 Å². The fourth-order valence-corrected chi connectivity index (χ4v) is 3.42. The van der Waals surface area contributed by atoms with E-state index < -0.39 is 28.9 Å². The van der Waals surface area contributed by atoms with Crippen LogP contribution in [-0.2, 0) is 16.9 Å². The van der Waals surface area contributed by atoms with Crippen LogP contribution in [0.15, 0.2) is 30.9 Å². The van der Waals surface area contributed by atoms with Crippen LogP contribution in [0, 0.1) is 11.6 Å². The average Bonchev–Trinajstić information content (AvgIpc) is 3.14. The number of aromatic nitrogens is 3. The second-order valence-electron chi connectivity index (χ2n) is 6.94. The van der Waals surface area contributed by atoms with Gasteiger partial charge in [-0.3, -0.25) is 4.90 Å². The van der Waals surface area contributed by atoms with Gasteiger partial charge in [0.1, 0.15) is 29.9 Å². The molecule has 158 valence electrons. The predicted octanol–water partition coefficient (Wildman–Crippen LogP) is 1.78. The molecule has 2 heterocycles. The number of halogens is 3. The largest absolute Gasteiger partial charge is 0.430 e. The van der Waals surface area contributed by atoms with Gasteiger partial charge >= 0.3 is 6.09 Å². The van der Waals surface area contributed by atoms with E-state index in [9.17, 15) is 18.7 Å². The number of carbonyl (C=O) groups is 1. The lowest BCUT2D eigenvalue weighted by Crippen LogP contribution is -2.53. The van der Waals surface area contributed by atoms with Gasteiger partial charge in [0.05, 0.1) is 6.54 Å². The van der Waals surface area contributed by atoms with E-state index in [1.807, 2.05) is 4.90 Å². The minimum absolute atomic E-state index is 0.0350. The number of ether oxygens (including phenoxy) is 1. The third-order valence-electron chi connectivity index (χ3n) is 4.70. The quantitative estimate of drug-likeness (QED) is 0.705. The van der Waals surface area contributed by atoms with E-state index in [4.69, 9.17) is 16.3 Å². The highest BCUT2D eigenvalue weighted by atomic mass is 35.5. The molecule has 1 aliphatic rings. The molecule has 11 heteroatoms. The third kappa shape index (κ3) is 5.40. The fraction of sp³-hybridized carbons (Fsp3) is 0.500. The molecule has 1 aliphatic heterocycles. The first-order chi connectivity index (χ1) is 13.8. The maximum absolute atomic E-state index is 14.5. The van der Waals surface area contributed by atoms with Crippen molar-refractivity contribution < 1.29 is 23.4 Å². The summed E-state index contributed by atoms with van der Waals surface area (Å²) in [6.07, 6.45) is 2.21. The average molecular weight is 430 g/mol. The first-order valence-electron chi connectivity index (χ1n) is 9.09. The molecule has 2 unspecified atom stereocenters. The maximum Gasteiger partial charge on any atom is 0.411 e. The zero-order valence-electron chi connectivity index (χ0n) is 15.8. The number of piperazine rings is 1. The summed E-state index contributed by atoms with van der Waals surface area (Å²) in [5, 5.41) is 15.3. The molecule has 1 saturated heterocycles. The van der Waals surface area contributed by atoms with Crippen molar-refractivity contribution in [3.05, 3.63) is 48.1 Å². The Morgan fingerprint density at radius 3 is 2.62 bits per heavy atom.